The summed E-state index contributed by atoms with van der Waals surface area (Å²) >= 11 is 0. The number of benzene rings is 1. The zero-order chi connectivity index (χ0) is 19.4. The Morgan fingerprint density at radius 3 is 2.70 bits per heavy atom. The van der Waals surface area contributed by atoms with Crippen molar-refractivity contribution in [2.45, 2.75) is 18.2 Å². The molecule has 2 heterocycles. The number of anilines is 1. The van der Waals surface area contributed by atoms with Crippen molar-refractivity contribution in [3.63, 3.8) is 0 Å². The monoisotopic (exact) mass is 397 g/mol. The van der Waals surface area contributed by atoms with Gasteiger partial charge in [0.05, 0.1) is 23.8 Å². The second-order valence-electron chi connectivity index (χ2n) is 5.87. The first kappa shape index (κ1) is 19.2. The minimum absolute atomic E-state index is 0.139. The molecule has 1 aliphatic rings. The highest BCUT2D eigenvalue weighted by atomic mass is 32.2. The third-order valence-corrected chi connectivity index (χ3v) is 5.93. The zero-order valence-corrected chi connectivity index (χ0v) is 15.4. The Bertz CT molecular complexity index is 923. The van der Waals surface area contributed by atoms with E-state index >= 15 is 0 Å². The molecule has 1 saturated heterocycles. The normalized spacial score (nSPS) is 15.6. The number of non-ortho nitro benzene ring substituents is 1. The molecule has 146 valence electrons. The average Bonchev–Trinajstić information content (AvgIpc) is 3.07. The van der Waals surface area contributed by atoms with E-state index in [-0.39, 0.29) is 42.6 Å². The van der Waals surface area contributed by atoms with Crippen LogP contribution in [-0.2, 0) is 21.2 Å². The molecule has 1 N–H and O–H groups in total. The van der Waals surface area contributed by atoms with Crippen molar-refractivity contribution in [3.05, 3.63) is 40.0 Å². The Morgan fingerprint density at radius 2 is 2.07 bits per heavy atom. The maximum absolute atomic E-state index is 13.0. The molecule has 1 aliphatic heterocycles. The number of aryl methyl sites for hydroxylation is 1. The highest BCUT2D eigenvalue weighted by molar-refractivity contribution is 7.89. The molecule has 1 aromatic carbocycles. The van der Waals surface area contributed by atoms with Crippen LogP contribution >= 0.6 is 0 Å². The zero-order valence-electron chi connectivity index (χ0n) is 14.6. The summed E-state index contributed by atoms with van der Waals surface area (Å²) in [6, 6.07) is 3.73. The van der Waals surface area contributed by atoms with E-state index in [1.54, 1.807) is 6.92 Å². The van der Waals surface area contributed by atoms with E-state index in [9.17, 15) is 18.5 Å². The molecule has 0 amide bonds. The number of nitro benzene ring substituents is 1. The van der Waals surface area contributed by atoms with Crippen molar-refractivity contribution in [2.75, 3.05) is 38.2 Å². The van der Waals surface area contributed by atoms with Gasteiger partial charge < -0.3 is 14.6 Å². The van der Waals surface area contributed by atoms with E-state index in [4.69, 9.17) is 9.26 Å². The SMILES string of the molecule is Cc1noc(CCNc2ccc([N+](=O)[O-])cc2S(=O)(=O)N2CCOCC2)n1. The van der Waals surface area contributed by atoms with Crippen LogP contribution in [0.3, 0.4) is 0 Å². The molecular weight excluding hydrogens is 378 g/mol. The largest absolute Gasteiger partial charge is 0.383 e. The lowest BCUT2D eigenvalue weighted by Crippen LogP contribution is -2.40. The molecule has 0 saturated carbocycles. The lowest BCUT2D eigenvalue weighted by atomic mass is 10.2. The highest BCUT2D eigenvalue weighted by Gasteiger charge is 2.30. The van der Waals surface area contributed by atoms with E-state index < -0.39 is 14.9 Å². The number of ether oxygens (including phenoxy) is 1. The Hall–Kier alpha value is -2.57. The summed E-state index contributed by atoms with van der Waals surface area (Å²) in [5, 5.41) is 17.8. The predicted octanol–water partition coefficient (Wildman–Crippen LogP) is 0.962. The van der Waals surface area contributed by atoms with Gasteiger partial charge in [0.1, 0.15) is 4.90 Å². The molecule has 0 atom stereocenters. The first-order valence-electron chi connectivity index (χ1n) is 8.27. The van der Waals surface area contributed by atoms with Gasteiger partial charge in [-0.1, -0.05) is 5.16 Å². The quantitative estimate of drug-likeness (QED) is 0.534. The molecule has 0 spiro atoms. The van der Waals surface area contributed by atoms with Crippen molar-refractivity contribution in [2.24, 2.45) is 0 Å². The molecule has 0 radical (unpaired) electrons. The molecule has 27 heavy (non-hydrogen) atoms. The van der Waals surface area contributed by atoms with Gasteiger partial charge in [-0.05, 0) is 13.0 Å². The van der Waals surface area contributed by atoms with Crippen LogP contribution in [0.1, 0.15) is 11.7 Å². The van der Waals surface area contributed by atoms with Gasteiger partial charge in [-0.3, -0.25) is 10.1 Å². The van der Waals surface area contributed by atoms with Crippen LogP contribution in [0.25, 0.3) is 0 Å². The number of nitrogens with zero attached hydrogens (tertiary/aromatic N) is 4. The molecule has 2 aromatic rings. The average molecular weight is 397 g/mol. The Kier molecular flexibility index (Phi) is 5.68. The maximum atomic E-state index is 13.0. The summed E-state index contributed by atoms with van der Waals surface area (Å²) in [4.78, 5) is 14.4. The van der Waals surface area contributed by atoms with Gasteiger partial charge in [0, 0.05) is 38.2 Å². The smallest absolute Gasteiger partial charge is 0.270 e. The number of morpholine rings is 1. The minimum Gasteiger partial charge on any atom is -0.383 e. The number of nitro groups is 1. The molecule has 11 nitrogen and oxygen atoms in total. The fraction of sp³-hybridized carbons (Fsp3) is 0.467. The summed E-state index contributed by atoms with van der Waals surface area (Å²) < 4.78 is 37.4. The molecule has 3 rings (SSSR count). The summed E-state index contributed by atoms with van der Waals surface area (Å²) in [6.07, 6.45) is 0.384. The lowest BCUT2D eigenvalue weighted by Gasteiger charge is -2.27. The van der Waals surface area contributed by atoms with Crippen molar-refractivity contribution >= 4 is 21.4 Å². The second kappa shape index (κ2) is 7.98. The second-order valence-corrected chi connectivity index (χ2v) is 7.77. The van der Waals surface area contributed by atoms with Crippen LogP contribution in [0.5, 0.6) is 0 Å². The van der Waals surface area contributed by atoms with Crippen molar-refractivity contribution in [1.29, 1.82) is 0 Å². The van der Waals surface area contributed by atoms with Gasteiger partial charge in [0.2, 0.25) is 15.9 Å². The molecule has 0 aliphatic carbocycles. The van der Waals surface area contributed by atoms with Crippen LogP contribution in [0, 0.1) is 17.0 Å². The van der Waals surface area contributed by atoms with Crippen molar-refractivity contribution in [3.8, 4) is 0 Å². The summed E-state index contributed by atoms with van der Waals surface area (Å²) in [6.45, 7) is 2.99. The standard InChI is InChI=1S/C15H19N5O6S/c1-11-17-15(26-18-11)4-5-16-13-3-2-12(20(21)22)10-14(13)27(23,24)19-6-8-25-9-7-19/h2-3,10,16H,4-9H2,1H3. The molecule has 1 fully saturated rings. The summed E-state index contributed by atoms with van der Waals surface area (Å²) in [5.41, 5.74) is -0.0109. The van der Waals surface area contributed by atoms with Gasteiger partial charge in [-0.2, -0.15) is 9.29 Å². The van der Waals surface area contributed by atoms with Gasteiger partial charge in [0.25, 0.3) is 5.69 Å². The molecular formula is C15H19N5O6S. The van der Waals surface area contributed by atoms with Crippen LogP contribution < -0.4 is 5.32 Å². The number of aromatic nitrogens is 2. The van der Waals surface area contributed by atoms with Gasteiger partial charge in [-0.15, -0.1) is 0 Å². The van der Waals surface area contributed by atoms with Crippen molar-refractivity contribution in [1.82, 2.24) is 14.4 Å². The molecule has 1 aromatic heterocycles. The third-order valence-electron chi connectivity index (χ3n) is 3.99. The molecule has 0 bridgehead atoms. The Morgan fingerprint density at radius 1 is 1.33 bits per heavy atom. The summed E-state index contributed by atoms with van der Waals surface area (Å²) in [5.74, 6) is 0.926. The minimum atomic E-state index is -3.90. The summed E-state index contributed by atoms with van der Waals surface area (Å²) in [7, 11) is -3.90. The fourth-order valence-electron chi connectivity index (χ4n) is 2.66. The Balaban J connectivity index is 1.85. The van der Waals surface area contributed by atoms with E-state index in [1.807, 2.05) is 0 Å². The van der Waals surface area contributed by atoms with Crippen LogP contribution in [0.15, 0.2) is 27.6 Å². The van der Waals surface area contributed by atoms with Crippen LogP contribution in [0.4, 0.5) is 11.4 Å². The van der Waals surface area contributed by atoms with E-state index in [0.29, 0.717) is 24.7 Å². The molecule has 0 unspecified atom stereocenters. The first-order chi connectivity index (χ1) is 12.9. The predicted molar refractivity (Wildman–Crippen MR) is 93.9 cm³/mol. The number of rotatable bonds is 7. The molecule has 12 heteroatoms. The van der Waals surface area contributed by atoms with E-state index in [0.717, 1.165) is 6.07 Å². The third kappa shape index (κ3) is 4.40. The lowest BCUT2D eigenvalue weighted by molar-refractivity contribution is -0.385. The van der Waals surface area contributed by atoms with Crippen LogP contribution in [-0.4, -0.2) is 60.6 Å². The highest BCUT2D eigenvalue weighted by Crippen LogP contribution is 2.29. The first-order valence-corrected chi connectivity index (χ1v) is 9.71. The Labute approximate surface area is 155 Å². The van der Waals surface area contributed by atoms with Gasteiger partial charge >= 0.3 is 0 Å². The number of nitrogens with one attached hydrogen (secondary N) is 1. The van der Waals surface area contributed by atoms with Gasteiger partial charge in [0.15, 0.2) is 5.82 Å². The van der Waals surface area contributed by atoms with Crippen LogP contribution in [0.2, 0.25) is 0 Å². The van der Waals surface area contributed by atoms with E-state index in [1.165, 1.54) is 16.4 Å². The van der Waals surface area contributed by atoms with E-state index in [2.05, 4.69) is 15.5 Å². The van der Waals surface area contributed by atoms with Crippen molar-refractivity contribution < 1.29 is 22.6 Å². The topological polar surface area (TPSA) is 141 Å². The number of sulfonamides is 1. The maximum Gasteiger partial charge on any atom is 0.270 e. The van der Waals surface area contributed by atoms with Gasteiger partial charge in [-0.25, -0.2) is 8.42 Å². The fourth-order valence-corrected chi connectivity index (χ4v) is 4.25. The number of hydrogen-bond acceptors (Lipinski definition) is 9. The number of hydrogen-bond donors (Lipinski definition) is 1.